The van der Waals surface area contributed by atoms with Gasteiger partial charge in [0.1, 0.15) is 0 Å². The lowest BCUT2D eigenvalue weighted by Gasteiger charge is -2.06. The summed E-state index contributed by atoms with van der Waals surface area (Å²) in [5, 5.41) is 0. The number of unbranched alkanes of at least 4 members (excludes halogenated alkanes) is 3. The lowest BCUT2D eigenvalue weighted by Crippen LogP contribution is -2.10. The van der Waals surface area contributed by atoms with Crippen LogP contribution >= 0.6 is 11.6 Å². The van der Waals surface area contributed by atoms with Crippen LogP contribution < -0.4 is 0 Å². The summed E-state index contributed by atoms with van der Waals surface area (Å²) in [6.45, 7) is 6.23. The van der Waals surface area contributed by atoms with Crippen molar-refractivity contribution in [2.75, 3.05) is 45.5 Å². The van der Waals surface area contributed by atoms with Gasteiger partial charge in [-0.05, 0) is 6.42 Å². The zero-order valence-electron chi connectivity index (χ0n) is 10.4. The van der Waals surface area contributed by atoms with E-state index in [1.54, 1.807) is 0 Å². The highest BCUT2D eigenvalue weighted by molar-refractivity contribution is 6.17. The topological polar surface area (TPSA) is 27.7 Å². The molecule has 4 heteroatoms. The molecule has 0 heterocycles. The zero-order valence-corrected chi connectivity index (χ0v) is 11.1. The van der Waals surface area contributed by atoms with Crippen molar-refractivity contribution in [3.8, 4) is 0 Å². The molecule has 0 aliphatic rings. The molecule has 0 spiro atoms. The van der Waals surface area contributed by atoms with Crippen LogP contribution in [0.2, 0.25) is 0 Å². The van der Waals surface area contributed by atoms with Crippen molar-refractivity contribution >= 4 is 11.6 Å². The van der Waals surface area contributed by atoms with Crippen LogP contribution in [-0.2, 0) is 14.2 Å². The average Bonchev–Trinajstić information content (AvgIpc) is 2.31. The summed E-state index contributed by atoms with van der Waals surface area (Å²) in [6, 6.07) is 0. The fourth-order valence-corrected chi connectivity index (χ4v) is 1.34. The summed E-state index contributed by atoms with van der Waals surface area (Å²) in [6.07, 6.45) is 5.00. The second-order valence-electron chi connectivity index (χ2n) is 3.59. The second-order valence-corrected chi connectivity index (χ2v) is 3.96. The van der Waals surface area contributed by atoms with Gasteiger partial charge in [-0.15, -0.1) is 11.6 Å². The molecule has 98 valence electrons. The number of ether oxygens (including phenoxy) is 3. The molecule has 0 saturated heterocycles. The maximum Gasteiger partial charge on any atom is 0.0701 e. The van der Waals surface area contributed by atoms with Gasteiger partial charge < -0.3 is 14.2 Å². The first-order chi connectivity index (χ1) is 7.91. The molecule has 0 bridgehead atoms. The standard InChI is InChI=1S/C12H25ClO3/c1-2-3-4-5-7-14-9-11-16-12-10-15-8-6-13/h2-12H2,1H3. The largest absolute Gasteiger partial charge is 0.379 e. The number of alkyl halides is 1. The van der Waals surface area contributed by atoms with Crippen LogP contribution in [0.3, 0.4) is 0 Å². The van der Waals surface area contributed by atoms with Gasteiger partial charge in [0.15, 0.2) is 0 Å². The molecule has 0 aromatic heterocycles. The number of hydrogen-bond donors (Lipinski definition) is 0. The summed E-state index contributed by atoms with van der Waals surface area (Å²) in [7, 11) is 0. The maximum absolute atomic E-state index is 5.45. The smallest absolute Gasteiger partial charge is 0.0701 e. The highest BCUT2D eigenvalue weighted by Crippen LogP contribution is 1.98. The molecular weight excluding hydrogens is 228 g/mol. The maximum atomic E-state index is 5.45. The van der Waals surface area contributed by atoms with E-state index in [0.29, 0.717) is 38.9 Å². The Morgan fingerprint density at radius 1 is 0.688 bits per heavy atom. The number of hydrogen-bond acceptors (Lipinski definition) is 3. The molecule has 0 amide bonds. The molecule has 0 aromatic carbocycles. The summed E-state index contributed by atoms with van der Waals surface area (Å²) in [5.74, 6) is 0.543. The van der Waals surface area contributed by atoms with E-state index in [1.165, 1.54) is 19.3 Å². The van der Waals surface area contributed by atoms with Crippen LogP contribution in [0.25, 0.3) is 0 Å². The van der Waals surface area contributed by atoms with E-state index >= 15 is 0 Å². The predicted octanol–water partition coefficient (Wildman–Crippen LogP) is 2.86. The minimum absolute atomic E-state index is 0.543. The van der Waals surface area contributed by atoms with E-state index in [2.05, 4.69) is 6.92 Å². The van der Waals surface area contributed by atoms with Crippen LogP contribution in [0.5, 0.6) is 0 Å². The zero-order chi connectivity index (χ0) is 11.9. The van der Waals surface area contributed by atoms with E-state index in [-0.39, 0.29) is 0 Å². The van der Waals surface area contributed by atoms with Crippen LogP contribution in [0.15, 0.2) is 0 Å². The SMILES string of the molecule is CCCCCCOCCOCCOCCCl. The molecule has 16 heavy (non-hydrogen) atoms. The van der Waals surface area contributed by atoms with E-state index in [0.717, 1.165) is 13.0 Å². The van der Waals surface area contributed by atoms with E-state index < -0.39 is 0 Å². The number of halogens is 1. The summed E-state index contributed by atoms with van der Waals surface area (Å²) in [4.78, 5) is 0. The van der Waals surface area contributed by atoms with Crippen molar-refractivity contribution < 1.29 is 14.2 Å². The molecule has 0 radical (unpaired) electrons. The third-order valence-electron chi connectivity index (χ3n) is 2.11. The van der Waals surface area contributed by atoms with Gasteiger partial charge in [0.05, 0.1) is 33.0 Å². The Kier molecular flexibility index (Phi) is 15.3. The van der Waals surface area contributed by atoms with Gasteiger partial charge >= 0.3 is 0 Å². The van der Waals surface area contributed by atoms with Gasteiger partial charge in [-0.3, -0.25) is 0 Å². The highest BCUT2D eigenvalue weighted by Gasteiger charge is 1.91. The van der Waals surface area contributed by atoms with E-state index in [9.17, 15) is 0 Å². The molecular formula is C12H25ClO3. The van der Waals surface area contributed by atoms with Crippen molar-refractivity contribution in [1.29, 1.82) is 0 Å². The van der Waals surface area contributed by atoms with Gasteiger partial charge in [-0.25, -0.2) is 0 Å². The lowest BCUT2D eigenvalue weighted by atomic mass is 10.2. The Morgan fingerprint density at radius 2 is 1.25 bits per heavy atom. The lowest BCUT2D eigenvalue weighted by molar-refractivity contribution is 0.0166. The first kappa shape index (κ1) is 16.2. The fourth-order valence-electron chi connectivity index (χ4n) is 1.23. The highest BCUT2D eigenvalue weighted by atomic mass is 35.5. The first-order valence-corrected chi connectivity index (χ1v) is 6.74. The van der Waals surface area contributed by atoms with Gasteiger partial charge in [0, 0.05) is 12.5 Å². The van der Waals surface area contributed by atoms with Crippen LogP contribution in [0.1, 0.15) is 32.6 Å². The normalized spacial score (nSPS) is 10.9. The van der Waals surface area contributed by atoms with Crippen LogP contribution in [-0.4, -0.2) is 45.5 Å². The van der Waals surface area contributed by atoms with Gasteiger partial charge in [-0.1, -0.05) is 26.2 Å². The molecule has 0 aromatic rings. The molecule has 0 fully saturated rings. The fraction of sp³-hybridized carbons (Fsp3) is 1.00. The van der Waals surface area contributed by atoms with E-state index in [4.69, 9.17) is 25.8 Å². The summed E-state index contributed by atoms with van der Waals surface area (Å²) < 4.78 is 15.9. The van der Waals surface area contributed by atoms with Crippen molar-refractivity contribution in [3.05, 3.63) is 0 Å². The molecule has 0 aliphatic carbocycles. The monoisotopic (exact) mass is 252 g/mol. The van der Waals surface area contributed by atoms with Gasteiger partial charge in [0.25, 0.3) is 0 Å². The second kappa shape index (κ2) is 15.2. The van der Waals surface area contributed by atoms with Crippen molar-refractivity contribution in [2.45, 2.75) is 32.6 Å². The molecule has 0 N–H and O–H groups in total. The first-order valence-electron chi connectivity index (χ1n) is 6.21. The minimum Gasteiger partial charge on any atom is -0.379 e. The summed E-state index contributed by atoms with van der Waals surface area (Å²) in [5.41, 5.74) is 0. The summed E-state index contributed by atoms with van der Waals surface area (Å²) >= 11 is 5.45. The Bertz CT molecular complexity index is 109. The van der Waals surface area contributed by atoms with Crippen LogP contribution in [0.4, 0.5) is 0 Å². The molecule has 3 nitrogen and oxygen atoms in total. The van der Waals surface area contributed by atoms with Crippen molar-refractivity contribution in [1.82, 2.24) is 0 Å². The Hall–Kier alpha value is 0.170. The minimum atomic E-state index is 0.543. The van der Waals surface area contributed by atoms with Gasteiger partial charge in [0.2, 0.25) is 0 Å². The molecule has 0 aliphatic heterocycles. The molecule has 0 rings (SSSR count). The van der Waals surface area contributed by atoms with E-state index in [1.807, 2.05) is 0 Å². The van der Waals surface area contributed by atoms with Crippen molar-refractivity contribution in [2.24, 2.45) is 0 Å². The third kappa shape index (κ3) is 14.2. The average molecular weight is 253 g/mol. The van der Waals surface area contributed by atoms with Gasteiger partial charge in [-0.2, -0.15) is 0 Å². The van der Waals surface area contributed by atoms with Crippen molar-refractivity contribution in [3.63, 3.8) is 0 Å². The third-order valence-corrected chi connectivity index (χ3v) is 2.26. The van der Waals surface area contributed by atoms with Crippen LogP contribution in [0, 0.1) is 0 Å². The predicted molar refractivity (Wildman–Crippen MR) is 67.3 cm³/mol. The number of rotatable bonds is 13. The molecule has 0 atom stereocenters. The molecule has 0 unspecified atom stereocenters. The Balaban J connectivity index is 2.83. The molecule has 0 saturated carbocycles. The Labute approximate surface area is 104 Å². The quantitative estimate of drug-likeness (QED) is 0.373. The Morgan fingerprint density at radius 3 is 1.81 bits per heavy atom.